The summed E-state index contributed by atoms with van der Waals surface area (Å²) in [7, 11) is 0. The van der Waals surface area contributed by atoms with E-state index in [1.165, 1.54) is 0 Å². The molecule has 2 aromatic carbocycles. The van der Waals surface area contributed by atoms with Crippen LogP contribution in [0.15, 0.2) is 48.5 Å². The van der Waals surface area contributed by atoms with Crippen LogP contribution in [0.2, 0.25) is 5.02 Å². The van der Waals surface area contributed by atoms with Crippen LogP contribution in [0.25, 0.3) is 0 Å². The third-order valence-electron chi connectivity index (χ3n) is 3.87. The first-order chi connectivity index (χ1) is 12.8. The fourth-order valence-corrected chi connectivity index (χ4v) is 2.91. The van der Waals surface area contributed by atoms with Gasteiger partial charge in [0.15, 0.2) is 0 Å². The van der Waals surface area contributed by atoms with Crippen molar-refractivity contribution in [3.05, 3.63) is 64.7 Å². The first-order valence-electron chi connectivity index (χ1n) is 9.00. The molecule has 0 fully saturated rings. The van der Waals surface area contributed by atoms with E-state index in [0.29, 0.717) is 18.1 Å². The quantitative estimate of drug-likeness (QED) is 0.543. The third kappa shape index (κ3) is 8.35. The minimum absolute atomic E-state index is 0.393. The Morgan fingerprint density at radius 2 is 1.77 bits per heavy atom. The normalized spacial score (nSPS) is 10.5. The van der Waals surface area contributed by atoms with E-state index in [-0.39, 0.29) is 0 Å². The number of para-hydroxylation sites is 1. The van der Waals surface area contributed by atoms with E-state index in [4.69, 9.17) is 21.6 Å². The van der Waals surface area contributed by atoms with Gasteiger partial charge in [-0.2, -0.15) is 5.26 Å². The first kappa shape index (κ1) is 20.3. The molecule has 0 saturated carbocycles. The summed E-state index contributed by atoms with van der Waals surface area (Å²) in [6, 6.07) is 18.1. The van der Waals surface area contributed by atoms with Crippen molar-refractivity contribution >= 4 is 17.3 Å². The van der Waals surface area contributed by atoms with Gasteiger partial charge >= 0.3 is 0 Å². The van der Waals surface area contributed by atoms with Crippen molar-refractivity contribution in [3.63, 3.8) is 0 Å². The van der Waals surface area contributed by atoms with E-state index in [1.54, 1.807) is 0 Å². The number of ether oxygens (including phenoxy) is 1. The highest BCUT2D eigenvalue weighted by Gasteiger charge is 2.00. The Hall–Kier alpha value is -2.06. The van der Waals surface area contributed by atoms with Crippen LogP contribution in [0, 0.1) is 11.3 Å². The number of anilines is 1. The minimum Gasteiger partial charge on any atom is -0.383 e. The number of rotatable bonds is 12. The van der Waals surface area contributed by atoms with Crippen LogP contribution in [0.3, 0.4) is 0 Å². The van der Waals surface area contributed by atoms with E-state index in [1.807, 2.05) is 36.4 Å². The van der Waals surface area contributed by atoms with Crippen molar-refractivity contribution in [3.8, 4) is 6.07 Å². The lowest BCUT2D eigenvalue weighted by molar-refractivity contribution is 0.140. The highest BCUT2D eigenvalue weighted by atomic mass is 35.5. The molecule has 0 spiro atoms. The van der Waals surface area contributed by atoms with Crippen LogP contribution in [0.1, 0.15) is 24.0 Å². The van der Waals surface area contributed by atoms with E-state index in [2.05, 4.69) is 28.8 Å². The molecule has 0 aromatic heterocycles. The number of benzene rings is 2. The summed E-state index contributed by atoms with van der Waals surface area (Å²) in [6.45, 7) is 4.02. The van der Waals surface area contributed by atoms with Gasteiger partial charge in [-0.25, -0.2) is 0 Å². The SMILES string of the molecule is N#CCc1cc(Cl)cc(CNCCCCOCCNc2ccccc2)c1. The smallest absolute Gasteiger partial charge is 0.0669 e. The molecule has 0 amide bonds. The van der Waals surface area contributed by atoms with Crippen LogP contribution in [-0.4, -0.2) is 26.3 Å². The molecule has 0 bridgehead atoms. The second-order valence-corrected chi connectivity index (χ2v) is 6.53. The van der Waals surface area contributed by atoms with Crippen molar-refractivity contribution in [2.45, 2.75) is 25.8 Å². The molecule has 138 valence electrons. The fraction of sp³-hybridized carbons (Fsp3) is 0.381. The van der Waals surface area contributed by atoms with Gasteiger partial charge in [0, 0.05) is 30.4 Å². The molecule has 0 atom stereocenters. The molecule has 2 rings (SSSR count). The molecule has 2 N–H and O–H groups in total. The predicted octanol–water partition coefficient (Wildman–Crippen LogP) is 4.40. The van der Waals surface area contributed by atoms with E-state index >= 15 is 0 Å². The van der Waals surface area contributed by atoms with Gasteiger partial charge in [-0.3, -0.25) is 0 Å². The highest BCUT2D eigenvalue weighted by Crippen LogP contribution is 2.15. The maximum absolute atomic E-state index is 8.79. The molecule has 26 heavy (non-hydrogen) atoms. The Morgan fingerprint density at radius 3 is 2.58 bits per heavy atom. The van der Waals surface area contributed by atoms with Crippen LogP contribution in [-0.2, 0) is 17.7 Å². The van der Waals surface area contributed by atoms with Crippen LogP contribution in [0.4, 0.5) is 5.69 Å². The lowest BCUT2D eigenvalue weighted by Crippen LogP contribution is -2.16. The maximum Gasteiger partial charge on any atom is 0.0669 e. The largest absolute Gasteiger partial charge is 0.383 e. The molecule has 0 saturated heterocycles. The Balaban J connectivity index is 1.47. The number of nitriles is 1. The Kier molecular flexibility index (Phi) is 9.60. The molecule has 0 aliphatic carbocycles. The molecule has 0 unspecified atom stereocenters. The zero-order valence-corrected chi connectivity index (χ0v) is 15.8. The molecule has 0 aliphatic rings. The number of unbranched alkanes of at least 4 members (excludes halogenated alkanes) is 1. The van der Waals surface area contributed by atoms with Gasteiger partial charge in [0.05, 0.1) is 19.1 Å². The van der Waals surface area contributed by atoms with Gasteiger partial charge in [-0.05, 0) is 54.8 Å². The lowest BCUT2D eigenvalue weighted by Gasteiger charge is -2.08. The van der Waals surface area contributed by atoms with Gasteiger partial charge < -0.3 is 15.4 Å². The molecular weight excluding hydrogens is 346 g/mol. The number of halogens is 1. The summed E-state index contributed by atoms with van der Waals surface area (Å²) in [6.07, 6.45) is 2.50. The highest BCUT2D eigenvalue weighted by molar-refractivity contribution is 6.30. The van der Waals surface area contributed by atoms with Gasteiger partial charge in [0.1, 0.15) is 0 Å². The van der Waals surface area contributed by atoms with Gasteiger partial charge in [0.25, 0.3) is 0 Å². The Labute approximate surface area is 161 Å². The molecule has 0 heterocycles. The Morgan fingerprint density at radius 1 is 0.962 bits per heavy atom. The topological polar surface area (TPSA) is 57.1 Å². The van der Waals surface area contributed by atoms with Crippen LogP contribution < -0.4 is 10.6 Å². The summed E-state index contributed by atoms with van der Waals surface area (Å²) in [4.78, 5) is 0. The van der Waals surface area contributed by atoms with Crippen molar-refractivity contribution in [2.24, 2.45) is 0 Å². The second-order valence-electron chi connectivity index (χ2n) is 6.09. The minimum atomic E-state index is 0.393. The van der Waals surface area contributed by atoms with Crippen molar-refractivity contribution in [1.29, 1.82) is 5.26 Å². The maximum atomic E-state index is 8.79. The first-order valence-corrected chi connectivity index (χ1v) is 9.38. The molecule has 0 aliphatic heterocycles. The van der Waals surface area contributed by atoms with E-state index in [9.17, 15) is 0 Å². The summed E-state index contributed by atoms with van der Waals surface area (Å²) in [5.74, 6) is 0. The molecule has 0 radical (unpaired) electrons. The number of nitrogens with one attached hydrogen (secondary N) is 2. The van der Waals surface area contributed by atoms with Gasteiger partial charge in [-0.15, -0.1) is 0 Å². The molecule has 4 nitrogen and oxygen atoms in total. The molecule has 2 aromatic rings. The Bertz CT molecular complexity index is 685. The average molecular weight is 372 g/mol. The van der Waals surface area contributed by atoms with Crippen LogP contribution >= 0.6 is 11.6 Å². The van der Waals surface area contributed by atoms with Gasteiger partial charge in [-0.1, -0.05) is 35.9 Å². The molecular formula is C21H26ClN3O. The summed E-state index contributed by atoms with van der Waals surface area (Å²) < 4.78 is 5.64. The van der Waals surface area contributed by atoms with E-state index < -0.39 is 0 Å². The number of nitrogens with zero attached hydrogens (tertiary/aromatic N) is 1. The zero-order valence-electron chi connectivity index (χ0n) is 15.0. The second kappa shape index (κ2) is 12.3. The predicted molar refractivity (Wildman–Crippen MR) is 107 cm³/mol. The summed E-state index contributed by atoms with van der Waals surface area (Å²) in [5.41, 5.74) is 3.21. The van der Waals surface area contributed by atoms with Crippen LogP contribution in [0.5, 0.6) is 0 Å². The van der Waals surface area contributed by atoms with E-state index in [0.717, 1.165) is 55.9 Å². The zero-order chi connectivity index (χ0) is 18.5. The standard InChI is InChI=1S/C21H26ClN3O/c22-20-15-18(8-9-23)14-19(16-20)17-24-10-4-5-12-26-13-11-25-21-6-2-1-3-7-21/h1-3,6-7,14-16,24-25H,4-5,8,10-13,17H2. The average Bonchev–Trinajstić information content (AvgIpc) is 2.64. The molecule has 5 heteroatoms. The van der Waals surface area contributed by atoms with Crippen molar-refractivity contribution < 1.29 is 4.74 Å². The van der Waals surface area contributed by atoms with Gasteiger partial charge in [0.2, 0.25) is 0 Å². The monoisotopic (exact) mass is 371 g/mol. The lowest BCUT2D eigenvalue weighted by atomic mass is 10.1. The third-order valence-corrected chi connectivity index (χ3v) is 4.09. The number of hydrogen-bond acceptors (Lipinski definition) is 4. The van der Waals surface area contributed by atoms with Crippen molar-refractivity contribution in [1.82, 2.24) is 5.32 Å². The summed E-state index contributed by atoms with van der Waals surface area (Å²) in [5, 5.41) is 16.2. The summed E-state index contributed by atoms with van der Waals surface area (Å²) >= 11 is 6.09. The van der Waals surface area contributed by atoms with Crippen molar-refractivity contribution in [2.75, 3.05) is 31.6 Å². The number of hydrogen-bond donors (Lipinski definition) is 2. The fourth-order valence-electron chi connectivity index (χ4n) is 2.63.